The van der Waals surface area contributed by atoms with Crippen molar-refractivity contribution in [2.75, 3.05) is 33.3 Å². The van der Waals surface area contributed by atoms with Crippen molar-refractivity contribution in [2.45, 2.75) is 58.7 Å². The molecule has 188 valence electrons. The predicted molar refractivity (Wildman–Crippen MR) is 141 cm³/mol. The van der Waals surface area contributed by atoms with Crippen LogP contribution >= 0.6 is 11.3 Å². The van der Waals surface area contributed by atoms with Gasteiger partial charge in [-0.1, -0.05) is 13.8 Å². The maximum atomic E-state index is 11.4. The van der Waals surface area contributed by atoms with E-state index in [-0.39, 0.29) is 6.61 Å². The number of hydrogen-bond donors (Lipinski definition) is 3. The van der Waals surface area contributed by atoms with Crippen LogP contribution in [0.4, 0.5) is 0 Å². The minimum absolute atomic E-state index is 0.204. The number of thiophene rings is 1. The molecule has 1 aliphatic rings. The van der Waals surface area contributed by atoms with Crippen LogP contribution in [0.1, 0.15) is 60.4 Å². The molecule has 0 aliphatic carbocycles. The molecule has 8 nitrogen and oxygen atoms in total. The molecule has 4 aromatic heterocycles. The normalized spacial score (nSPS) is 16.9. The molecule has 0 radical (unpaired) electrons. The molecule has 1 saturated heterocycles. The third kappa shape index (κ3) is 4.29. The Morgan fingerprint density at radius 1 is 1.26 bits per heavy atom. The lowest BCUT2D eigenvalue weighted by Crippen LogP contribution is -2.45. The molecular formula is C26H36N6O2S. The second-order valence-electron chi connectivity index (χ2n) is 10.1. The molecule has 0 spiro atoms. The van der Waals surface area contributed by atoms with Gasteiger partial charge in [-0.2, -0.15) is 5.10 Å². The van der Waals surface area contributed by atoms with Crippen LogP contribution in [0.5, 0.6) is 0 Å². The van der Waals surface area contributed by atoms with Crippen LogP contribution in [0.25, 0.3) is 27.1 Å². The van der Waals surface area contributed by atoms with E-state index >= 15 is 0 Å². The summed E-state index contributed by atoms with van der Waals surface area (Å²) in [7, 11) is 2.04. The van der Waals surface area contributed by atoms with Gasteiger partial charge in [0.05, 0.1) is 17.2 Å². The molecule has 1 unspecified atom stereocenters. The molecule has 1 aliphatic heterocycles. The van der Waals surface area contributed by atoms with Gasteiger partial charge in [-0.15, -0.1) is 11.3 Å². The maximum Gasteiger partial charge on any atom is 0.158 e. The van der Waals surface area contributed by atoms with Gasteiger partial charge in [-0.25, -0.2) is 9.50 Å². The summed E-state index contributed by atoms with van der Waals surface area (Å²) in [6.45, 7) is 11.5. The van der Waals surface area contributed by atoms with Gasteiger partial charge < -0.3 is 20.1 Å². The van der Waals surface area contributed by atoms with Gasteiger partial charge in [0.1, 0.15) is 17.4 Å². The van der Waals surface area contributed by atoms with Gasteiger partial charge in [-0.3, -0.25) is 4.90 Å². The Bertz CT molecular complexity index is 1330. The molecule has 0 bridgehead atoms. The fourth-order valence-electron chi connectivity index (χ4n) is 5.61. The Morgan fingerprint density at radius 2 is 2.00 bits per heavy atom. The third-order valence-corrected chi connectivity index (χ3v) is 8.80. The summed E-state index contributed by atoms with van der Waals surface area (Å²) in [5.74, 6) is 0.317. The minimum Gasteiger partial charge on any atom is -0.395 e. The topological polar surface area (TPSA) is 92.9 Å². The van der Waals surface area contributed by atoms with E-state index in [4.69, 9.17) is 0 Å². The average Bonchev–Trinajstić information content (AvgIpc) is 3.54. The molecule has 0 aromatic carbocycles. The fourth-order valence-corrected chi connectivity index (χ4v) is 6.87. The lowest BCUT2D eigenvalue weighted by molar-refractivity contribution is -0.0244. The van der Waals surface area contributed by atoms with Crippen LogP contribution in [0.2, 0.25) is 0 Å². The van der Waals surface area contributed by atoms with E-state index in [1.165, 1.54) is 10.9 Å². The van der Waals surface area contributed by atoms with Gasteiger partial charge in [-0.05, 0) is 75.5 Å². The van der Waals surface area contributed by atoms with E-state index in [0.717, 1.165) is 70.2 Å². The summed E-state index contributed by atoms with van der Waals surface area (Å²) in [5.41, 5.74) is 6.63. The average molecular weight is 497 g/mol. The number of aromatic nitrogens is 4. The Hall–Kier alpha value is -2.30. The summed E-state index contributed by atoms with van der Waals surface area (Å²) in [6, 6.07) is 2.50. The molecule has 5 rings (SSSR count). The number of aryl methyl sites for hydroxylation is 2. The van der Waals surface area contributed by atoms with Crippen molar-refractivity contribution in [3.63, 3.8) is 0 Å². The number of nitrogens with one attached hydrogen (secondary N) is 1. The summed E-state index contributed by atoms with van der Waals surface area (Å²) < 4.78 is 1.84. The van der Waals surface area contributed by atoms with Crippen LogP contribution in [-0.2, 0) is 0 Å². The highest BCUT2D eigenvalue weighted by Gasteiger charge is 2.30. The minimum atomic E-state index is -0.632. The predicted octanol–water partition coefficient (Wildman–Crippen LogP) is 4.06. The molecule has 5 heterocycles. The third-order valence-electron chi connectivity index (χ3n) is 7.56. The van der Waals surface area contributed by atoms with Crippen molar-refractivity contribution in [3.8, 4) is 11.3 Å². The fraction of sp³-hybridized carbons (Fsp3) is 0.538. The first kappa shape index (κ1) is 24.4. The van der Waals surface area contributed by atoms with E-state index < -0.39 is 6.23 Å². The lowest BCUT2D eigenvalue weighted by Gasteiger charge is -2.38. The summed E-state index contributed by atoms with van der Waals surface area (Å²) in [4.78, 5) is 14.6. The van der Waals surface area contributed by atoms with Crippen molar-refractivity contribution in [1.29, 1.82) is 0 Å². The Kier molecular flexibility index (Phi) is 6.71. The SMILES string of the molecule is Cc1c(C(O)N(C)C2CCN(CCO)CC2)sc2[nH]c(-c3cc(C)c4ncnn4c3)c(C(C)C)c12. The number of likely N-dealkylation sites (tertiary alicyclic amines) is 1. The van der Waals surface area contributed by atoms with Gasteiger partial charge in [0, 0.05) is 29.7 Å². The lowest BCUT2D eigenvalue weighted by atomic mass is 9.95. The van der Waals surface area contributed by atoms with Crippen molar-refractivity contribution < 1.29 is 10.2 Å². The number of aromatic amines is 1. The van der Waals surface area contributed by atoms with Crippen LogP contribution in [0, 0.1) is 13.8 Å². The quantitative estimate of drug-likeness (QED) is 0.334. The summed E-state index contributed by atoms with van der Waals surface area (Å²) in [6.07, 6.45) is 5.00. The van der Waals surface area contributed by atoms with Crippen molar-refractivity contribution in [2.24, 2.45) is 0 Å². The van der Waals surface area contributed by atoms with Crippen molar-refractivity contribution in [1.82, 2.24) is 29.4 Å². The van der Waals surface area contributed by atoms with Gasteiger partial charge in [0.2, 0.25) is 0 Å². The summed E-state index contributed by atoms with van der Waals surface area (Å²) in [5, 5.41) is 26.2. The standard InChI is InChI=1S/C26H36N6O2S/c1-15(2)20-21-17(4)23(26(34)30(5)19-6-8-31(9-7-19)10-11-33)35-25(21)29-22(20)18-12-16(3)24-27-14-28-32(24)13-18/h12-15,19,26,29,33-34H,6-11H2,1-5H3. The number of fused-ring (bicyclic) bond motifs is 2. The number of hydrogen-bond acceptors (Lipinski definition) is 7. The van der Waals surface area contributed by atoms with E-state index in [2.05, 4.69) is 58.6 Å². The highest BCUT2D eigenvalue weighted by atomic mass is 32.1. The first-order valence-corrected chi connectivity index (χ1v) is 13.3. The second-order valence-corrected chi connectivity index (χ2v) is 11.2. The number of H-pyrrole nitrogens is 1. The monoisotopic (exact) mass is 496 g/mol. The number of piperidine rings is 1. The number of aliphatic hydroxyl groups is 2. The van der Waals surface area contributed by atoms with E-state index in [1.54, 1.807) is 17.7 Å². The largest absolute Gasteiger partial charge is 0.395 e. The Morgan fingerprint density at radius 3 is 2.69 bits per heavy atom. The van der Waals surface area contributed by atoms with Gasteiger partial charge in [0.15, 0.2) is 5.65 Å². The highest BCUT2D eigenvalue weighted by Crippen LogP contribution is 2.44. The number of β-amino-alcohol motifs (C(OH)–C–C–N with tert-alkyl or cyclic N) is 1. The van der Waals surface area contributed by atoms with Crippen LogP contribution in [-0.4, -0.2) is 78.9 Å². The zero-order chi connectivity index (χ0) is 24.9. The molecule has 0 amide bonds. The molecule has 9 heteroatoms. The first-order chi connectivity index (χ1) is 16.8. The van der Waals surface area contributed by atoms with E-state index in [9.17, 15) is 10.2 Å². The van der Waals surface area contributed by atoms with Crippen LogP contribution in [0.15, 0.2) is 18.6 Å². The smallest absolute Gasteiger partial charge is 0.158 e. The molecule has 1 fully saturated rings. The van der Waals surface area contributed by atoms with Gasteiger partial charge >= 0.3 is 0 Å². The molecule has 35 heavy (non-hydrogen) atoms. The van der Waals surface area contributed by atoms with Crippen LogP contribution < -0.4 is 0 Å². The Balaban J connectivity index is 1.48. The maximum absolute atomic E-state index is 11.4. The highest BCUT2D eigenvalue weighted by molar-refractivity contribution is 7.19. The first-order valence-electron chi connectivity index (χ1n) is 12.5. The van der Waals surface area contributed by atoms with Crippen molar-refractivity contribution >= 4 is 27.2 Å². The molecule has 4 aromatic rings. The van der Waals surface area contributed by atoms with Crippen LogP contribution in [0.3, 0.4) is 0 Å². The second kappa shape index (κ2) is 9.63. The number of pyridine rings is 1. The molecule has 3 N–H and O–H groups in total. The number of rotatable bonds is 7. The molecule has 1 atom stereocenters. The zero-order valence-corrected chi connectivity index (χ0v) is 22.1. The molecular weight excluding hydrogens is 460 g/mol. The van der Waals surface area contributed by atoms with Gasteiger partial charge in [0.25, 0.3) is 0 Å². The zero-order valence-electron chi connectivity index (χ0n) is 21.2. The summed E-state index contributed by atoms with van der Waals surface area (Å²) >= 11 is 1.66. The molecule has 0 saturated carbocycles. The Labute approximate surface area is 210 Å². The number of nitrogens with zero attached hydrogens (tertiary/aromatic N) is 5. The van der Waals surface area contributed by atoms with Crippen molar-refractivity contribution in [3.05, 3.63) is 40.2 Å². The van der Waals surface area contributed by atoms with E-state index in [0.29, 0.717) is 12.0 Å². The van der Waals surface area contributed by atoms with E-state index in [1.807, 2.05) is 17.8 Å². The number of aliphatic hydroxyl groups excluding tert-OH is 2.